The van der Waals surface area contributed by atoms with Crippen LogP contribution in [-0.2, 0) is 26.5 Å². The molecule has 10 rings (SSSR count). The molecule has 3 nitrogen and oxygen atoms in total. The van der Waals surface area contributed by atoms with E-state index in [0.29, 0.717) is 5.92 Å². The van der Waals surface area contributed by atoms with Crippen LogP contribution < -0.4 is 5.19 Å². The Bertz CT molecular complexity index is 3050. The number of pyridine rings is 1. The van der Waals surface area contributed by atoms with Gasteiger partial charge in [0.25, 0.3) is 0 Å². The minimum atomic E-state index is -1.34. The molecule has 0 atom stereocenters. The number of para-hydroxylation sites is 1. The van der Waals surface area contributed by atoms with Gasteiger partial charge in [0.05, 0.1) is 24.9 Å². The fraction of sp³-hybridized carbons (Fsp3) is 0.132. The maximum Gasteiger partial charge on any atom is 0.0852 e. The first-order valence-electron chi connectivity index (χ1n) is 20.1. The number of imidazole rings is 1. The van der Waals surface area contributed by atoms with Crippen LogP contribution in [0.1, 0.15) is 19.4 Å². The van der Waals surface area contributed by atoms with E-state index >= 15 is 0 Å². The van der Waals surface area contributed by atoms with E-state index in [9.17, 15) is 0 Å². The van der Waals surface area contributed by atoms with Gasteiger partial charge in [-0.2, -0.15) is 11.3 Å². The first-order chi connectivity index (χ1) is 28.2. The largest absolute Gasteiger partial charge is 0.333 e. The van der Waals surface area contributed by atoms with E-state index in [1.165, 1.54) is 47.4 Å². The summed E-state index contributed by atoms with van der Waals surface area (Å²) in [4.78, 5) is 10.0. The van der Waals surface area contributed by atoms with Crippen LogP contribution in [0, 0.1) is 18.1 Å². The van der Waals surface area contributed by atoms with Crippen molar-refractivity contribution in [3.05, 3.63) is 182 Å². The summed E-state index contributed by atoms with van der Waals surface area (Å²) in [6.07, 6.45) is 3.24. The van der Waals surface area contributed by atoms with Crippen molar-refractivity contribution in [2.45, 2.75) is 39.9 Å². The Morgan fingerprint density at radius 1 is 0.678 bits per heavy atom. The second-order valence-corrected chi connectivity index (χ2v) is 22.5. The normalized spacial score (nSPS) is 11.6. The summed E-state index contributed by atoms with van der Waals surface area (Å²) in [6.45, 7) is 11.7. The van der Waals surface area contributed by atoms with Crippen LogP contribution in [0.3, 0.4) is 0 Å². The Morgan fingerprint density at radius 2 is 1.41 bits per heavy atom. The van der Waals surface area contributed by atoms with Gasteiger partial charge in [-0.25, -0.2) is 0 Å². The molecule has 0 amide bonds. The molecule has 0 N–H and O–H groups in total. The van der Waals surface area contributed by atoms with Gasteiger partial charge in [-0.3, -0.25) is 4.98 Å². The topological polar surface area (TPSA) is 30.7 Å². The minimum absolute atomic E-state index is 0. The Labute approximate surface area is 365 Å². The maximum absolute atomic E-state index is 5.33. The van der Waals surface area contributed by atoms with Crippen molar-refractivity contribution >= 4 is 66.6 Å². The smallest absolute Gasteiger partial charge is 0.0852 e. The molecule has 0 spiro atoms. The third-order valence-electron chi connectivity index (χ3n) is 10.7. The fourth-order valence-electron chi connectivity index (χ4n) is 8.05. The Kier molecular flexibility index (Phi) is 11.6. The van der Waals surface area contributed by atoms with E-state index in [1.54, 1.807) is 0 Å². The van der Waals surface area contributed by atoms with Crippen LogP contribution in [0.2, 0.25) is 19.6 Å². The first kappa shape index (κ1) is 40.3. The molecule has 59 heavy (non-hydrogen) atoms. The van der Waals surface area contributed by atoms with Gasteiger partial charge < -0.3 is 9.55 Å². The molecule has 0 saturated heterocycles. The Balaban J connectivity index is 0.000000197. The number of nitrogens with zero attached hydrogens (tertiary/aromatic N) is 3. The molecule has 0 unspecified atom stereocenters. The van der Waals surface area contributed by atoms with Gasteiger partial charge in [-0.1, -0.05) is 148 Å². The van der Waals surface area contributed by atoms with Crippen LogP contribution in [0.5, 0.6) is 0 Å². The van der Waals surface area contributed by atoms with Crippen molar-refractivity contribution in [1.29, 1.82) is 0 Å². The van der Waals surface area contributed by atoms with Crippen LogP contribution in [0.25, 0.3) is 81.4 Å². The van der Waals surface area contributed by atoms with Crippen LogP contribution in [0.4, 0.5) is 0 Å². The molecule has 0 aliphatic carbocycles. The third kappa shape index (κ3) is 8.11. The number of rotatable bonds is 7. The van der Waals surface area contributed by atoms with Crippen molar-refractivity contribution < 1.29 is 20.1 Å². The number of hydrogen-bond acceptors (Lipinski definition) is 3. The van der Waals surface area contributed by atoms with Gasteiger partial charge in [-0.05, 0) is 62.5 Å². The molecule has 0 aliphatic heterocycles. The summed E-state index contributed by atoms with van der Waals surface area (Å²) in [5.41, 5.74) is 10.1. The summed E-state index contributed by atoms with van der Waals surface area (Å²) in [7, 11) is -1.34. The molecule has 0 bridgehead atoms. The Morgan fingerprint density at radius 3 is 2.19 bits per heavy atom. The van der Waals surface area contributed by atoms with Crippen molar-refractivity contribution in [2.24, 2.45) is 5.92 Å². The number of benzene rings is 7. The predicted octanol–water partition coefficient (Wildman–Crippen LogP) is 14.0. The van der Waals surface area contributed by atoms with E-state index in [2.05, 4.69) is 201 Å². The van der Waals surface area contributed by atoms with Gasteiger partial charge >= 0.3 is 0 Å². The molecule has 293 valence electrons. The van der Waals surface area contributed by atoms with E-state index < -0.39 is 8.07 Å². The SMILES string of the molecule is CC(C)Cc1cc(-c2[c-]cccc2)ncc1[Si](C)(C)C.[Ir].[c-]1cc2sc3ccccc3c2cc1-c1nc2c3ccccc3ccc2n1-c1ccccc1-c1ccccc1. The van der Waals surface area contributed by atoms with E-state index in [1.807, 2.05) is 29.5 Å². The van der Waals surface area contributed by atoms with Crippen molar-refractivity contribution in [1.82, 2.24) is 14.5 Å². The third-order valence-corrected chi connectivity index (χ3v) is 13.9. The van der Waals surface area contributed by atoms with E-state index in [4.69, 9.17) is 4.98 Å². The molecule has 6 heteroatoms. The van der Waals surface area contributed by atoms with Gasteiger partial charge in [0.2, 0.25) is 0 Å². The van der Waals surface area contributed by atoms with Crippen molar-refractivity contribution in [3.8, 4) is 39.5 Å². The predicted molar refractivity (Wildman–Crippen MR) is 251 cm³/mol. The molecular formula is C53H45IrN3SSi-2. The van der Waals surface area contributed by atoms with Gasteiger partial charge in [0.1, 0.15) is 0 Å². The number of fused-ring (bicyclic) bond motifs is 6. The first-order valence-corrected chi connectivity index (χ1v) is 24.4. The van der Waals surface area contributed by atoms with E-state index in [-0.39, 0.29) is 20.1 Å². The quantitative estimate of drug-likeness (QED) is 0.118. The van der Waals surface area contributed by atoms with Crippen molar-refractivity contribution in [3.63, 3.8) is 0 Å². The number of aromatic nitrogens is 3. The second-order valence-electron chi connectivity index (χ2n) is 16.4. The van der Waals surface area contributed by atoms with Gasteiger partial charge in [-0.15, -0.1) is 59.7 Å². The van der Waals surface area contributed by atoms with E-state index in [0.717, 1.165) is 51.2 Å². The fourth-order valence-corrected chi connectivity index (χ4v) is 10.7. The standard InChI is InChI=1S/C35H21N2S.C18H24NSi.Ir/c1-2-10-23(11-3-1)26-13-6-8-16-30(26)37-31-20-18-24-12-4-5-14-27(24)34(31)36-35(37)25-19-21-33-29(22-25)28-15-7-9-17-32(28)38-33;1-14(2)11-16-12-17(15-9-7-6-8-10-15)19-13-18(16)20(3,4)5;/h1-18,20-22H;6-9,12-14H,11H2,1-5H3;/q2*-1;. The number of hydrogen-bond donors (Lipinski definition) is 0. The zero-order chi connectivity index (χ0) is 39.8. The van der Waals surface area contributed by atoms with Gasteiger partial charge in [0.15, 0.2) is 0 Å². The zero-order valence-electron chi connectivity index (χ0n) is 34.0. The average molecular weight is 976 g/mol. The summed E-state index contributed by atoms with van der Waals surface area (Å²) >= 11 is 1.81. The molecule has 10 aromatic rings. The molecular weight excluding hydrogens is 931 g/mol. The maximum atomic E-state index is 5.33. The van der Waals surface area contributed by atoms with Crippen LogP contribution in [-0.4, -0.2) is 22.6 Å². The summed E-state index contributed by atoms with van der Waals surface area (Å²) < 4.78 is 4.85. The summed E-state index contributed by atoms with van der Waals surface area (Å²) in [5.74, 6) is 1.57. The molecule has 7 aromatic carbocycles. The second kappa shape index (κ2) is 17.0. The van der Waals surface area contributed by atoms with Gasteiger partial charge in [0, 0.05) is 47.6 Å². The molecule has 3 aromatic heterocycles. The van der Waals surface area contributed by atoms with Crippen LogP contribution in [0.15, 0.2) is 164 Å². The zero-order valence-corrected chi connectivity index (χ0v) is 38.2. The minimum Gasteiger partial charge on any atom is -0.333 e. The summed E-state index contributed by atoms with van der Waals surface area (Å²) in [6, 6.07) is 62.3. The Hall–Kier alpha value is -5.49. The van der Waals surface area contributed by atoms with Crippen molar-refractivity contribution in [2.75, 3.05) is 0 Å². The molecule has 3 heterocycles. The monoisotopic (exact) mass is 976 g/mol. The van der Waals surface area contributed by atoms with Crippen LogP contribution >= 0.6 is 11.3 Å². The molecule has 1 radical (unpaired) electrons. The summed E-state index contributed by atoms with van der Waals surface area (Å²) in [5, 5.41) is 6.37. The molecule has 0 fully saturated rings. The number of thiophene rings is 1. The molecule has 0 saturated carbocycles. The molecule has 0 aliphatic rings. The average Bonchev–Trinajstić information content (AvgIpc) is 3.83.